The zero-order valence-electron chi connectivity index (χ0n) is 10.2. The molecule has 0 aliphatic heterocycles. The van der Waals surface area contributed by atoms with Gasteiger partial charge in [0.15, 0.2) is 0 Å². The summed E-state index contributed by atoms with van der Waals surface area (Å²) in [6, 6.07) is 4.36. The number of nitrogens with two attached hydrogens (primary N) is 1. The highest BCUT2D eigenvalue weighted by molar-refractivity contribution is 5.36. The van der Waals surface area contributed by atoms with Crippen molar-refractivity contribution in [2.24, 2.45) is 5.73 Å². The van der Waals surface area contributed by atoms with Crippen LogP contribution in [0.3, 0.4) is 0 Å². The van der Waals surface area contributed by atoms with E-state index in [1.807, 2.05) is 13.8 Å². The zero-order chi connectivity index (χ0) is 12.1. The lowest BCUT2D eigenvalue weighted by Crippen LogP contribution is -2.15. The predicted octanol–water partition coefficient (Wildman–Crippen LogP) is 3.41. The van der Waals surface area contributed by atoms with Gasteiger partial charge in [-0.05, 0) is 26.3 Å². The monoisotopic (exact) mass is 225 g/mol. The first-order valence-corrected chi connectivity index (χ1v) is 5.76. The fourth-order valence-corrected chi connectivity index (χ4v) is 1.67. The van der Waals surface area contributed by atoms with Crippen LogP contribution in [0.15, 0.2) is 18.2 Å². The molecule has 0 saturated heterocycles. The highest BCUT2D eigenvalue weighted by atomic mass is 19.1. The predicted molar refractivity (Wildman–Crippen MR) is 64.0 cm³/mol. The number of hydrogen-bond donors (Lipinski definition) is 1. The van der Waals surface area contributed by atoms with Crippen molar-refractivity contribution < 1.29 is 9.13 Å². The van der Waals surface area contributed by atoms with Crippen molar-refractivity contribution in [3.8, 4) is 5.75 Å². The Labute approximate surface area is 96.6 Å². The molecule has 1 aromatic rings. The SMILES string of the molecule is CCCC(C)Oc1cc(F)ccc1[C@@H](C)N. The Morgan fingerprint density at radius 1 is 1.38 bits per heavy atom. The summed E-state index contributed by atoms with van der Waals surface area (Å²) >= 11 is 0. The number of hydrogen-bond acceptors (Lipinski definition) is 2. The summed E-state index contributed by atoms with van der Waals surface area (Å²) in [5, 5.41) is 0. The first kappa shape index (κ1) is 13.0. The second-order valence-electron chi connectivity index (χ2n) is 4.19. The molecule has 1 rings (SSSR count). The minimum absolute atomic E-state index is 0.0873. The third-order valence-corrected chi connectivity index (χ3v) is 2.49. The van der Waals surface area contributed by atoms with Gasteiger partial charge in [-0.15, -0.1) is 0 Å². The van der Waals surface area contributed by atoms with Crippen LogP contribution in [0.1, 0.15) is 45.2 Å². The normalized spacial score (nSPS) is 14.6. The lowest BCUT2D eigenvalue weighted by molar-refractivity contribution is 0.206. The molecule has 0 radical (unpaired) electrons. The van der Waals surface area contributed by atoms with Crippen LogP contribution in [-0.4, -0.2) is 6.10 Å². The van der Waals surface area contributed by atoms with Gasteiger partial charge in [-0.25, -0.2) is 4.39 Å². The third-order valence-electron chi connectivity index (χ3n) is 2.49. The first-order valence-electron chi connectivity index (χ1n) is 5.76. The van der Waals surface area contributed by atoms with Crippen LogP contribution in [0.4, 0.5) is 4.39 Å². The molecule has 0 aliphatic rings. The molecular weight excluding hydrogens is 205 g/mol. The quantitative estimate of drug-likeness (QED) is 0.833. The Kier molecular flexibility index (Phi) is 4.74. The van der Waals surface area contributed by atoms with Crippen molar-refractivity contribution >= 4 is 0 Å². The first-order chi connectivity index (χ1) is 7.54. The van der Waals surface area contributed by atoms with E-state index in [-0.39, 0.29) is 18.0 Å². The Morgan fingerprint density at radius 2 is 2.06 bits per heavy atom. The van der Waals surface area contributed by atoms with Gasteiger partial charge in [-0.1, -0.05) is 19.4 Å². The van der Waals surface area contributed by atoms with E-state index < -0.39 is 0 Å². The minimum atomic E-state index is -0.289. The molecule has 0 heterocycles. The van der Waals surface area contributed by atoms with Crippen molar-refractivity contribution in [1.82, 2.24) is 0 Å². The highest BCUT2D eigenvalue weighted by Gasteiger charge is 2.11. The van der Waals surface area contributed by atoms with Crippen LogP contribution >= 0.6 is 0 Å². The standard InChI is InChI=1S/C13H20FNO/c1-4-5-9(2)16-13-8-11(14)6-7-12(13)10(3)15/h6-10H,4-5,15H2,1-3H3/t9?,10-/m1/s1. The molecule has 0 fully saturated rings. The van der Waals surface area contributed by atoms with Gasteiger partial charge in [0.1, 0.15) is 11.6 Å². The maximum Gasteiger partial charge on any atom is 0.127 e. The van der Waals surface area contributed by atoms with Crippen molar-refractivity contribution in [1.29, 1.82) is 0 Å². The summed E-state index contributed by atoms with van der Waals surface area (Å²) < 4.78 is 18.8. The molecule has 0 aliphatic carbocycles. The Bertz CT molecular complexity index is 339. The second kappa shape index (κ2) is 5.85. The Hall–Kier alpha value is -1.09. The molecule has 2 nitrogen and oxygen atoms in total. The molecule has 0 spiro atoms. The fourth-order valence-electron chi connectivity index (χ4n) is 1.67. The van der Waals surface area contributed by atoms with Crippen molar-refractivity contribution in [2.75, 3.05) is 0 Å². The molecule has 0 saturated carbocycles. The van der Waals surface area contributed by atoms with Gasteiger partial charge < -0.3 is 10.5 Å². The Balaban J connectivity index is 2.87. The van der Waals surface area contributed by atoms with Gasteiger partial charge in [-0.3, -0.25) is 0 Å². The molecule has 2 N–H and O–H groups in total. The topological polar surface area (TPSA) is 35.2 Å². The summed E-state index contributed by atoms with van der Waals surface area (Å²) in [6.45, 7) is 5.95. The van der Waals surface area contributed by atoms with Gasteiger partial charge >= 0.3 is 0 Å². The van der Waals surface area contributed by atoms with E-state index in [1.54, 1.807) is 6.07 Å². The molecule has 3 heteroatoms. The minimum Gasteiger partial charge on any atom is -0.490 e. The van der Waals surface area contributed by atoms with Crippen LogP contribution < -0.4 is 10.5 Å². The summed E-state index contributed by atoms with van der Waals surface area (Å²) in [5.74, 6) is 0.277. The van der Waals surface area contributed by atoms with Crippen LogP contribution in [-0.2, 0) is 0 Å². The average Bonchev–Trinajstić information content (AvgIpc) is 2.17. The summed E-state index contributed by atoms with van der Waals surface area (Å²) in [4.78, 5) is 0. The number of benzene rings is 1. The van der Waals surface area contributed by atoms with Crippen LogP contribution in [0.25, 0.3) is 0 Å². The van der Waals surface area contributed by atoms with E-state index in [9.17, 15) is 4.39 Å². The van der Waals surface area contributed by atoms with E-state index >= 15 is 0 Å². The van der Waals surface area contributed by atoms with Gasteiger partial charge in [0.25, 0.3) is 0 Å². The van der Waals surface area contributed by atoms with E-state index in [4.69, 9.17) is 10.5 Å². The second-order valence-corrected chi connectivity index (χ2v) is 4.19. The van der Waals surface area contributed by atoms with Gasteiger partial charge in [0.05, 0.1) is 6.10 Å². The van der Waals surface area contributed by atoms with Crippen LogP contribution in [0.2, 0.25) is 0 Å². The van der Waals surface area contributed by atoms with Crippen molar-refractivity contribution in [2.45, 2.75) is 45.8 Å². The van der Waals surface area contributed by atoms with E-state index in [0.29, 0.717) is 5.75 Å². The van der Waals surface area contributed by atoms with Gasteiger partial charge in [-0.2, -0.15) is 0 Å². The molecule has 2 atom stereocenters. The number of rotatable bonds is 5. The zero-order valence-corrected chi connectivity index (χ0v) is 10.2. The average molecular weight is 225 g/mol. The lowest BCUT2D eigenvalue weighted by Gasteiger charge is -2.18. The van der Waals surface area contributed by atoms with E-state index in [1.165, 1.54) is 12.1 Å². The fraction of sp³-hybridized carbons (Fsp3) is 0.538. The maximum absolute atomic E-state index is 13.1. The molecule has 16 heavy (non-hydrogen) atoms. The van der Waals surface area contributed by atoms with Crippen molar-refractivity contribution in [3.05, 3.63) is 29.6 Å². The van der Waals surface area contributed by atoms with Crippen LogP contribution in [0.5, 0.6) is 5.75 Å². The van der Waals surface area contributed by atoms with E-state index in [0.717, 1.165) is 18.4 Å². The summed E-state index contributed by atoms with van der Waals surface area (Å²) in [6.07, 6.45) is 2.09. The molecule has 0 amide bonds. The molecule has 90 valence electrons. The molecule has 0 aromatic heterocycles. The third kappa shape index (κ3) is 3.49. The largest absolute Gasteiger partial charge is 0.490 e. The molecular formula is C13H20FNO. The molecule has 1 unspecified atom stereocenters. The summed E-state index contributed by atoms with van der Waals surface area (Å²) in [7, 11) is 0. The van der Waals surface area contributed by atoms with Crippen LogP contribution in [0, 0.1) is 5.82 Å². The van der Waals surface area contributed by atoms with E-state index in [2.05, 4.69) is 6.92 Å². The smallest absolute Gasteiger partial charge is 0.127 e. The molecule has 0 bridgehead atoms. The number of halogens is 1. The maximum atomic E-state index is 13.1. The number of ether oxygens (including phenoxy) is 1. The highest BCUT2D eigenvalue weighted by Crippen LogP contribution is 2.26. The van der Waals surface area contributed by atoms with Gasteiger partial charge in [0.2, 0.25) is 0 Å². The lowest BCUT2D eigenvalue weighted by atomic mass is 10.1. The Morgan fingerprint density at radius 3 is 2.62 bits per heavy atom. The summed E-state index contributed by atoms with van der Waals surface area (Å²) in [5.41, 5.74) is 6.66. The van der Waals surface area contributed by atoms with Crippen molar-refractivity contribution in [3.63, 3.8) is 0 Å². The van der Waals surface area contributed by atoms with Gasteiger partial charge in [0, 0.05) is 17.7 Å². The molecule has 1 aromatic carbocycles.